The third kappa shape index (κ3) is 19.3. The fourth-order valence-corrected chi connectivity index (χ4v) is 4.67. The van der Waals surface area contributed by atoms with E-state index < -0.39 is 41.0 Å². The van der Waals surface area contributed by atoms with Crippen LogP contribution < -0.4 is 5.32 Å². The largest absolute Gasteiger partial charge is 0.460 e. The van der Waals surface area contributed by atoms with Crippen molar-refractivity contribution in [3.63, 3.8) is 0 Å². The normalized spacial score (nSPS) is 14.4. The second-order valence-electron chi connectivity index (χ2n) is 13.6. The molecule has 1 heterocycles. The van der Waals surface area contributed by atoms with E-state index in [0.717, 1.165) is 44.9 Å². The first-order valence-corrected chi connectivity index (χ1v) is 16.4. The van der Waals surface area contributed by atoms with Crippen molar-refractivity contribution < 1.29 is 43.1 Å². The molecule has 0 saturated carbocycles. The maximum Gasteiger partial charge on any atom is 0.333 e. The van der Waals surface area contributed by atoms with Crippen molar-refractivity contribution >= 4 is 35.6 Å². The van der Waals surface area contributed by atoms with Crippen LogP contribution in [0.3, 0.4) is 0 Å². The number of carbonyl (C=O) groups is 6. The molecule has 1 fully saturated rings. The molecule has 1 saturated heterocycles. The summed E-state index contributed by atoms with van der Waals surface area (Å²) in [4.78, 5) is 77.4. The van der Waals surface area contributed by atoms with Gasteiger partial charge in [0.05, 0.1) is 6.42 Å². The van der Waals surface area contributed by atoms with E-state index in [2.05, 4.69) is 5.32 Å². The van der Waals surface area contributed by atoms with Crippen molar-refractivity contribution in [2.45, 2.75) is 174 Å². The summed E-state index contributed by atoms with van der Waals surface area (Å²) in [6, 6.07) is -1.05. The van der Waals surface area contributed by atoms with Crippen LogP contribution in [0.1, 0.15) is 157 Å². The standard InChI is InChI=1S/C33H56N2O9/c1-32(2,3)42-29(39)20-18-16-14-12-10-8-7-9-11-13-15-17-19-26(36)34-25(31(41)43-33(4,5)6)21-24-30(40)44-35-27(37)22-23-28(35)38/h25H,7-24H2,1-6H3,(H,34,36)/t25-/m1/s1. The van der Waals surface area contributed by atoms with Crippen molar-refractivity contribution in [1.82, 2.24) is 10.4 Å². The van der Waals surface area contributed by atoms with Gasteiger partial charge >= 0.3 is 17.9 Å². The van der Waals surface area contributed by atoms with E-state index in [4.69, 9.17) is 14.3 Å². The first kappa shape index (κ1) is 39.0. The maximum absolute atomic E-state index is 12.7. The Balaban J connectivity index is 2.19. The summed E-state index contributed by atoms with van der Waals surface area (Å²) < 4.78 is 10.7. The summed E-state index contributed by atoms with van der Waals surface area (Å²) in [5.74, 6) is -3.08. The van der Waals surface area contributed by atoms with E-state index in [1.165, 1.54) is 25.7 Å². The summed E-state index contributed by atoms with van der Waals surface area (Å²) in [5.41, 5.74) is -1.19. The second-order valence-corrected chi connectivity index (χ2v) is 13.6. The van der Waals surface area contributed by atoms with Gasteiger partial charge in [0.15, 0.2) is 0 Å². The Labute approximate surface area is 263 Å². The molecule has 252 valence electrons. The Hall–Kier alpha value is -2.98. The fraction of sp³-hybridized carbons (Fsp3) is 0.818. The molecule has 1 aliphatic heterocycles. The molecule has 0 aliphatic carbocycles. The quantitative estimate of drug-likeness (QED) is 0.0922. The highest BCUT2D eigenvalue weighted by Gasteiger charge is 2.33. The van der Waals surface area contributed by atoms with Crippen molar-refractivity contribution in [2.75, 3.05) is 0 Å². The number of esters is 2. The first-order chi connectivity index (χ1) is 20.6. The van der Waals surface area contributed by atoms with Crippen LogP contribution in [-0.4, -0.2) is 57.9 Å². The number of ether oxygens (including phenoxy) is 2. The number of amides is 3. The molecule has 44 heavy (non-hydrogen) atoms. The predicted molar refractivity (Wildman–Crippen MR) is 165 cm³/mol. The molecule has 0 spiro atoms. The van der Waals surface area contributed by atoms with Crippen molar-refractivity contribution in [3.8, 4) is 0 Å². The summed E-state index contributed by atoms with van der Waals surface area (Å²) in [7, 11) is 0. The molecule has 1 aliphatic rings. The highest BCUT2D eigenvalue weighted by Crippen LogP contribution is 2.17. The SMILES string of the molecule is CC(C)(C)OC(=O)CCCCCCCCCCCCCCC(=O)N[C@H](CCC(=O)ON1C(=O)CCC1=O)C(=O)OC(C)(C)C. The lowest BCUT2D eigenvalue weighted by molar-refractivity contribution is -0.197. The van der Waals surface area contributed by atoms with Gasteiger partial charge in [0.25, 0.3) is 11.8 Å². The topological polar surface area (TPSA) is 145 Å². The number of nitrogens with one attached hydrogen (secondary N) is 1. The van der Waals surface area contributed by atoms with Crippen LogP contribution in [0.15, 0.2) is 0 Å². The highest BCUT2D eigenvalue weighted by molar-refractivity contribution is 6.01. The Morgan fingerprint density at radius 3 is 1.52 bits per heavy atom. The summed E-state index contributed by atoms with van der Waals surface area (Å²) in [6.07, 6.45) is 13.2. The van der Waals surface area contributed by atoms with Crippen LogP contribution in [0.2, 0.25) is 0 Å². The first-order valence-electron chi connectivity index (χ1n) is 16.4. The van der Waals surface area contributed by atoms with Gasteiger partial charge in [0.2, 0.25) is 5.91 Å². The lowest BCUT2D eigenvalue weighted by atomic mass is 10.0. The molecule has 0 bridgehead atoms. The molecule has 1 N–H and O–H groups in total. The number of unbranched alkanes of at least 4 members (excludes halogenated alkanes) is 11. The molecule has 1 rings (SSSR count). The van der Waals surface area contributed by atoms with Crippen molar-refractivity contribution in [2.24, 2.45) is 0 Å². The van der Waals surface area contributed by atoms with Crippen molar-refractivity contribution in [3.05, 3.63) is 0 Å². The number of imide groups is 1. The van der Waals surface area contributed by atoms with E-state index in [9.17, 15) is 28.8 Å². The molecular weight excluding hydrogens is 568 g/mol. The molecular formula is C33H56N2O9. The van der Waals surface area contributed by atoms with Crippen molar-refractivity contribution in [1.29, 1.82) is 0 Å². The van der Waals surface area contributed by atoms with Crippen LogP contribution in [0.4, 0.5) is 0 Å². The maximum atomic E-state index is 12.7. The van der Waals surface area contributed by atoms with Crippen LogP contribution in [-0.2, 0) is 43.1 Å². The van der Waals surface area contributed by atoms with Crippen LogP contribution >= 0.6 is 0 Å². The summed E-state index contributed by atoms with van der Waals surface area (Å²) in [6.45, 7) is 10.8. The Morgan fingerprint density at radius 1 is 0.636 bits per heavy atom. The van der Waals surface area contributed by atoms with Gasteiger partial charge in [-0.1, -0.05) is 64.2 Å². The number of nitrogens with zero attached hydrogens (tertiary/aromatic N) is 1. The molecule has 0 aromatic rings. The van der Waals surface area contributed by atoms with E-state index in [0.29, 0.717) is 17.9 Å². The minimum Gasteiger partial charge on any atom is -0.460 e. The number of hydrogen-bond donors (Lipinski definition) is 1. The molecule has 1 atom stereocenters. The number of carbonyl (C=O) groups excluding carboxylic acids is 6. The van der Waals surface area contributed by atoms with Gasteiger partial charge in [-0.2, -0.15) is 0 Å². The van der Waals surface area contributed by atoms with E-state index in [1.807, 2.05) is 20.8 Å². The number of rotatable bonds is 21. The van der Waals surface area contributed by atoms with Gasteiger partial charge in [0, 0.05) is 25.7 Å². The third-order valence-corrected chi connectivity index (χ3v) is 6.82. The third-order valence-electron chi connectivity index (χ3n) is 6.82. The monoisotopic (exact) mass is 624 g/mol. The zero-order chi connectivity index (χ0) is 33.2. The van der Waals surface area contributed by atoms with Crippen LogP contribution in [0.5, 0.6) is 0 Å². The van der Waals surface area contributed by atoms with Gasteiger partial charge in [0.1, 0.15) is 17.2 Å². The van der Waals surface area contributed by atoms with Crippen LogP contribution in [0.25, 0.3) is 0 Å². The molecule has 0 aromatic carbocycles. The Kier molecular flexibility index (Phi) is 17.9. The van der Waals surface area contributed by atoms with Gasteiger partial charge in [-0.15, -0.1) is 5.06 Å². The zero-order valence-corrected chi connectivity index (χ0v) is 27.9. The second kappa shape index (κ2) is 20.1. The van der Waals surface area contributed by atoms with E-state index in [-0.39, 0.29) is 44.0 Å². The van der Waals surface area contributed by atoms with E-state index >= 15 is 0 Å². The Morgan fingerprint density at radius 2 is 1.07 bits per heavy atom. The molecule has 0 aromatic heterocycles. The Bertz CT molecular complexity index is 934. The molecule has 0 radical (unpaired) electrons. The van der Waals surface area contributed by atoms with Crippen LogP contribution in [0, 0.1) is 0 Å². The lowest BCUT2D eigenvalue weighted by Crippen LogP contribution is -2.44. The van der Waals surface area contributed by atoms with Gasteiger partial charge in [-0.3, -0.25) is 19.2 Å². The predicted octanol–water partition coefficient (Wildman–Crippen LogP) is 6.00. The lowest BCUT2D eigenvalue weighted by Gasteiger charge is -2.24. The minimum absolute atomic E-state index is 0.0102. The average molecular weight is 625 g/mol. The molecule has 3 amide bonds. The molecule has 0 unspecified atom stereocenters. The zero-order valence-electron chi connectivity index (χ0n) is 27.9. The van der Waals surface area contributed by atoms with Gasteiger partial charge in [-0.25, -0.2) is 9.59 Å². The summed E-state index contributed by atoms with van der Waals surface area (Å²) >= 11 is 0. The molecule has 11 heteroatoms. The number of hydroxylamine groups is 2. The average Bonchev–Trinajstić information content (AvgIpc) is 3.21. The summed E-state index contributed by atoms with van der Waals surface area (Å²) in [5, 5.41) is 3.13. The minimum atomic E-state index is -1.05. The van der Waals surface area contributed by atoms with E-state index in [1.54, 1.807) is 20.8 Å². The van der Waals surface area contributed by atoms with Gasteiger partial charge < -0.3 is 19.6 Å². The highest BCUT2D eigenvalue weighted by atomic mass is 16.7. The molecule has 11 nitrogen and oxygen atoms in total. The fourth-order valence-electron chi connectivity index (χ4n) is 4.67. The van der Waals surface area contributed by atoms with Gasteiger partial charge in [-0.05, 0) is 60.8 Å². The smallest absolute Gasteiger partial charge is 0.333 e. The number of hydrogen-bond acceptors (Lipinski definition) is 9.